The Morgan fingerprint density at radius 2 is 2.20 bits per heavy atom. The molecular weight excluding hydrogens is 122 g/mol. The number of rotatable bonds is 2. The van der Waals surface area contributed by atoms with Crippen molar-refractivity contribution in [2.45, 2.75) is 46.1 Å². The first-order chi connectivity index (χ1) is 4.58. The summed E-state index contributed by atoms with van der Waals surface area (Å²) in [6.07, 6.45) is 2.59. The first-order valence-electron chi connectivity index (χ1n) is 4.11. The van der Waals surface area contributed by atoms with Gasteiger partial charge in [-0.1, -0.05) is 13.3 Å². The molecule has 0 heterocycles. The van der Waals surface area contributed by atoms with Crippen molar-refractivity contribution in [3.8, 4) is 0 Å². The highest BCUT2D eigenvalue weighted by Crippen LogP contribution is 2.48. The summed E-state index contributed by atoms with van der Waals surface area (Å²) in [4.78, 5) is 4.59. The van der Waals surface area contributed by atoms with Crippen LogP contribution in [-0.2, 0) is 0 Å². The Morgan fingerprint density at radius 1 is 1.60 bits per heavy atom. The Morgan fingerprint density at radius 3 is 2.50 bits per heavy atom. The lowest BCUT2D eigenvalue weighted by Gasteiger charge is -2.03. The number of hydrogen-bond donors (Lipinski definition) is 0. The topological polar surface area (TPSA) is 12.4 Å². The van der Waals surface area contributed by atoms with Gasteiger partial charge in [0, 0.05) is 5.71 Å². The molecule has 0 spiro atoms. The second kappa shape index (κ2) is 2.37. The predicted octanol–water partition coefficient (Wildman–Crippen LogP) is 2.66. The monoisotopic (exact) mass is 139 g/mol. The van der Waals surface area contributed by atoms with Crippen LogP contribution in [0.1, 0.15) is 40.5 Å². The first kappa shape index (κ1) is 7.77. The third kappa shape index (κ3) is 1.39. The van der Waals surface area contributed by atoms with Crippen molar-refractivity contribution < 1.29 is 0 Å². The van der Waals surface area contributed by atoms with Crippen molar-refractivity contribution in [3.05, 3.63) is 0 Å². The molecular formula is C9H17N. The maximum atomic E-state index is 4.59. The van der Waals surface area contributed by atoms with Crippen LogP contribution < -0.4 is 0 Å². The molecule has 0 aromatic heterocycles. The Kier molecular flexibility index (Phi) is 1.84. The van der Waals surface area contributed by atoms with E-state index in [1.807, 2.05) is 0 Å². The van der Waals surface area contributed by atoms with Gasteiger partial charge < -0.3 is 0 Å². The summed E-state index contributed by atoms with van der Waals surface area (Å²) >= 11 is 0. The molecule has 2 atom stereocenters. The van der Waals surface area contributed by atoms with Crippen LogP contribution in [0.4, 0.5) is 0 Å². The van der Waals surface area contributed by atoms with Crippen LogP contribution in [-0.4, -0.2) is 11.3 Å². The SMILES string of the molecule is CCC1C[C@]1(C)N=C(C)C. The van der Waals surface area contributed by atoms with E-state index in [4.69, 9.17) is 0 Å². The zero-order valence-electron chi connectivity index (χ0n) is 7.44. The maximum absolute atomic E-state index is 4.59. The smallest absolute Gasteiger partial charge is 0.0611 e. The van der Waals surface area contributed by atoms with Gasteiger partial charge in [-0.3, -0.25) is 4.99 Å². The first-order valence-corrected chi connectivity index (χ1v) is 4.11. The lowest BCUT2D eigenvalue weighted by molar-refractivity contribution is 0.634. The van der Waals surface area contributed by atoms with Gasteiger partial charge in [-0.05, 0) is 33.1 Å². The van der Waals surface area contributed by atoms with Gasteiger partial charge in [-0.2, -0.15) is 0 Å². The Balaban J connectivity index is 2.51. The largest absolute Gasteiger partial charge is 0.288 e. The zero-order chi connectivity index (χ0) is 7.78. The second-order valence-electron chi connectivity index (χ2n) is 3.73. The van der Waals surface area contributed by atoms with E-state index < -0.39 is 0 Å². The molecule has 1 aliphatic rings. The molecule has 0 aromatic rings. The van der Waals surface area contributed by atoms with E-state index in [1.54, 1.807) is 0 Å². The van der Waals surface area contributed by atoms with Gasteiger partial charge in [0.05, 0.1) is 5.54 Å². The third-order valence-corrected chi connectivity index (χ3v) is 2.35. The van der Waals surface area contributed by atoms with E-state index in [-0.39, 0.29) is 0 Å². The van der Waals surface area contributed by atoms with Crippen LogP contribution in [0.25, 0.3) is 0 Å². The van der Waals surface area contributed by atoms with Crippen LogP contribution >= 0.6 is 0 Å². The summed E-state index contributed by atoms with van der Waals surface area (Å²) in [6, 6.07) is 0. The Hall–Kier alpha value is -0.330. The molecule has 1 unspecified atom stereocenters. The Labute approximate surface area is 63.5 Å². The summed E-state index contributed by atoms with van der Waals surface area (Å²) in [5, 5.41) is 0. The fourth-order valence-electron chi connectivity index (χ4n) is 1.67. The number of aliphatic imine (C=N–C) groups is 1. The number of nitrogens with zero attached hydrogens (tertiary/aromatic N) is 1. The van der Waals surface area contributed by atoms with Crippen LogP contribution in [0.3, 0.4) is 0 Å². The lowest BCUT2D eigenvalue weighted by atomic mass is 10.2. The molecule has 10 heavy (non-hydrogen) atoms. The summed E-state index contributed by atoms with van der Waals surface area (Å²) in [6.45, 7) is 8.66. The van der Waals surface area contributed by atoms with Crippen molar-refractivity contribution in [2.75, 3.05) is 0 Å². The maximum Gasteiger partial charge on any atom is 0.0611 e. The minimum absolute atomic E-state index is 0.327. The minimum atomic E-state index is 0.327. The molecule has 1 aliphatic carbocycles. The minimum Gasteiger partial charge on any atom is -0.288 e. The van der Waals surface area contributed by atoms with E-state index in [0.717, 1.165) is 5.92 Å². The summed E-state index contributed by atoms with van der Waals surface area (Å²) in [5.41, 5.74) is 1.55. The van der Waals surface area contributed by atoms with Gasteiger partial charge in [0.15, 0.2) is 0 Å². The Bertz CT molecular complexity index is 156. The highest BCUT2D eigenvalue weighted by atomic mass is 14.9. The van der Waals surface area contributed by atoms with Gasteiger partial charge in [0.25, 0.3) is 0 Å². The highest BCUT2D eigenvalue weighted by Gasteiger charge is 2.48. The van der Waals surface area contributed by atoms with E-state index in [1.165, 1.54) is 18.6 Å². The van der Waals surface area contributed by atoms with Crippen molar-refractivity contribution in [2.24, 2.45) is 10.9 Å². The van der Waals surface area contributed by atoms with Gasteiger partial charge in [0.2, 0.25) is 0 Å². The molecule has 0 aliphatic heterocycles. The summed E-state index contributed by atoms with van der Waals surface area (Å²) in [5.74, 6) is 0.863. The van der Waals surface area contributed by atoms with Crippen LogP contribution in [0.5, 0.6) is 0 Å². The van der Waals surface area contributed by atoms with Gasteiger partial charge in [-0.25, -0.2) is 0 Å². The fourth-order valence-corrected chi connectivity index (χ4v) is 1.67. The van der Waals surface area contributed by atoms with Crippen LogP contribution in [0, 0.1) is 5.92 Å². The standard InChI is InChI=1S/C9H17N/c1-5-8-6-9(8,4)10-7(2)3/h8H,5-6H2,1-4H3/t8?,9-/m0/s1. The van der Waals surface area contributed by atoms with E-state index in [0.29, 0.717) is 5.54 Å². The third-order valence-electron chi connectivity index (χ3n) is 2.35. The molecule has 0 radical (unpaired) electrons. The molecule has 0 aromatic carbocycles. The molecule has 0 N–H and O–H groups in total. The lowest BCUT2D eigenvalue weighted by Crippen LogP contribution is -2.03. The average Bonchev–Trinajstić information content (AvgIpc) is 2.39. The predicted molar refractivity (Wildman–Crippen MR) is 45.6 cm³/mol. The summed E-state index contributed by atoms with van der Waals surface area (Å²) in [7, 11) is 0. The van der Waals surface area contributed by atoms with Crippen LogP contribution in [0.2, 0.25) is 0 Å². The van der Waals surface area contributed by atoms with Crippen molar-refractivity contribution >= 4 is 5.71 Å². The molecule has 1 heteroatoms. The molecule has 0 saturated heterocycles. The fraction of sp³-hybridized carbons (Fsp3) is 0.889. The van der Waals surface area contributed by atoms with Crippen molar-refractivity contribution in [3.63, 3.8) is 0 Å². The molecule has 1 nitrogen and oxygen atoms in total. The normalized spacial score (nSPS) is 37.4. The summed E-state index contributed by atoms with van der Waals surface area (Å²) < 4.78 is 0. The van der Waals surface area contributed by atoms with Gasteiger partial charge in [0.1, 0.15) is 0 Å². The molecule has 58 valence electrons. The van der Waals surface area contributed by atoms with E-state index in [2.05, 4.69) is 32.7 Å². The highest BCUT2D eigenvalue weighted by molar-refractivity contribution is 5.79. The molecule has 0 bridgehead atoms. The van der Waals surface area contributed by atoms with Crippen molar-refractivity contribution in [1.82, 2.24) is 0 Å². The molecule has 0 amide bonds. The average molecular weight is 139 g/mol. The van der Waals surface area contributed by atoms with Crippen molar-refractivity contribution in [1.29, 1.82) is 0 Å². The van der Waals surface area contributed by atoms with Gasteiger partial charge in [-0.15, -0.1) is 0 Å². The second-order valence-corrected chi connectivity index (χ2v) is 3.73. The van der Waals surface area contributed by atoms with E-state index >= 15 is 0 Å². The van der Waals surface area contributed by atoms with Crippen LogP contribution in [0.15, 0.2) is 4.99 Å². The van der Waals surface area contributed by atoms with E-state index in [9.17, 15) is 0 Å². The quantitative estimate of drug-likeness (QED) is 0.521. The van der Waals surface area contributed by atoms with Gasteiger partial charge >= 0.3 is 0 Å². The number of hydrogen-bond acceptors (Lipinski definition) is 1. The molecule has 1 saturated carbocycles. The zero-order valence-corrected chi connectivity index (χ0v) is 7.44. The molecule has 1 rings (SSSR count). The molecule has 1 fully saturated rings.